The Morgan fingerprint density at radius 2 is 2.06 bits per heavy atom. The third kappa shape index (κ3) is 3.49. The summed E-state index contributed by atoms with van der Waals surface area (Å²) in [4.78, 5) is 14.2. The summed E-state index contributed by atoms with van der Waals surface area (Å²) in [7, 11) is 0. The Hall–Kier alpha value is -1.02. The van der Waals surface area contributed by atoms with Gasteiger partial charge in [0, 0.05) is 24.9 Å². The first-order valence-electron chi connectivity index (χ1n) is 6.61. The van der Waals surface area contributed by atoms with E-state index in [1.807, 2.05) is 23.1 Å². The van der Waals surface area contributed by atoms with Gasteiger partial charge in [-0.3, -0.25) is 4.79 Å². The zero-order valence-electron chi connectivity index (χ0n) is 10.8. The van der Waals surface area contributed by atoms with Gasteiger partial charge in [0.2, 0.25) is 5.91 Å². The molecule has 2 nitrogen and oxygen atoms in total. The van der Waals surface area contributed by atoms with E-state index in [0.29, 0.717) is 30.8 Å². The molecule has 0 heterocycles. The van der Waals surface area contributed by atoms with Crippen LogP contribution in [-0.2, 0) is 11.3 Å². The summed E-state index contributed by atoms with van der Waals surface area (Å²) in [6.45, 7) is 2.86. The van der Waals surface area contributed by atoms with Gasteiger partial charge in [-0.05, 0) is 31.2 Å². The number of alkyl halides is 1. The molecule has 0 aliphatic heterocycles. The molecule has 1 aromatic carbocycles. The smallest absolute Gasteiger partial charge is 0.224 e. The predicted octanol–water partition coefficient (Wildman–Crippen LogP) is 3.44. The average Bonchev–Trinajstić information content (AvgIpc) is 3.21. The number of rotatable bonds is 6. The lowest BCUT2D eigenvalue weighted by Gasteiger charge is -2.29. The van der Waals surface area contributed by atoms with Crippen molar-refractivity contribution in [1.29, 1.82) is 0 Å². The van der Waals surface area contributed by atoms with Gasteiger partial charge in [-0.2, -0.15) is 0 Å². The van der Waals surface area contributed by atoms with Crippen LogP contribution >= 0.6 is 11.6 Å². The number of amides is 1. The monoisotopic (exact) mass is 265 g/mol. The third-order valence-electron chi connectivity index (χ3n) is 3.62. The largest absolute Gasteiger partial charge is 0.335 e. The van der Waals surface area contributed by atoms with Gasteiger partial charge in [-0.15, -0.1) is 11.6 Å². The van der Waals surface area contributed by atoms with Crippen LogP contribution in [0.4, 0.5) is 0 Å². The number of carbonyl (C=O) groups is 1. The Balaban J connectivity index is 2.06. The highest BCUT2D eigenvalue weighted by Gasteiger charge is 2.33. The van der Waals surface area contributed by atoms with Crippen LogP contribution in [0.5, 0.6) is 0 Å². The maximum Gasteiger partial charge on any atom is 0.224 e. The molecule has 0 saturated heterocycles. The maximum absolute atomic E-state index is 12.2. The molecule has 1 saturated carbocycles. The minimum absolute atomic E-state index is 0.174. The second-order valence-electron chi connectivity index (χ2n) is 5.02. The van der Waals surface area contributed by atoms with E-state index < -0.39 is 0 Å². The van der Waals surface area contributed by atoms with E-state index in [0.717, 1.165) is 0 Å². The van der Waals surface area contributed by atoms with E-state index in [1.165, 1.54) is 18.4 Å². The van der Waals surface area contributed by atoms with Crippen LogP contribution in [0, 0.1) is 5.92 Å². The molecule has 1 unspecified atom stereocenters. The van der Waals surface area contributed by atoms with Gasteiger partial charge in [0.15, 0.2) is 0 Å². The van der Waals surface area contributed by atoms with Gasteiger partial charge in [0.1, 0.15) is 0 Å². The van der Waals surface area contributed by atoms with Gasteiger partial charge in [-0.1, -0.05) is 30.3 Å². The van der Waals surface area contributed by atoms with Gasteiger partial charge >= 0.3 is 0 Å². The molecule has 1 aromatic rings. The number of benzene rings is 1. The van der Waals surface area contributed by atoms with Crippen LogP contribution in [0.3, 0.4) is 0 Å². The van der Waals surface area contributed by atoms with Gasteiger partial charge in [-0.25, -0.2) is 0 Å². The zero-order valence-corrected chi connectivity index (χ0v) is 11.6. The Kier molecular flexibility index (Phi) is 4.65. The molecule has 1 aliphatic carbocycles. The lowest BCUT2D eigenvalue weighted by molar-refractivity contribution is -0.133. The summed E-state index contributed by atoms with van der Waals surface area (Å²) < 4.78 is 0. The van der Waals surface area contributed by atoms with Crippen molar-refractivity contribution < 1.29 is 4.79 Å². The van der Waals surface area contributed by atoms with E-state index in [1.54, 1.807) is 0 Å². The topological polar surface area (TPSA) is 20.3 Å². The van der Waals surface area contributed by atoms with E-state index in [-0.39, 0.29) is 5.91 Å². The van der Waals surface area contributed by atoms with Crippen LogP contribution in [0.1, 0.15) is 31.7 Å². The summed E-state index contributed by atoms with van der Waals surface area (Å²) in [5.41, 5.74) is 1.19. The van der Waals surface area contributed by atoms with Crippen molar-refractivity contribution in [2.24, 2.45) is 5.92 Å². The number of hydrogen-bond acceptors (Lipinski definition) is 1. The first kappa shape index (κ1) is 13.4. The van der Waals surface area contributed by atoms with Crippen LogP contribution in [-0.4, -0.2) is 22.7 Å². The summed E-state index contributed by atoms with van der Waals surface area (Å²) >= 11 is 5.70. The second-order valence-corrected chi connectivity index (χ2v) is 5.40. The SMILES string of the molecule is CC(C1CC1)N(Cc1ccccc1)C(=O)CCCl. The first-order valence-corrected chi connectivity index (χ1v) is 7.15. The summed E-state index contributed by atoms with van der Waals surface area (Å²) in [6.07, 6.45) is 2.94. The summed E-state index contributed by atoms with van der Waals surface area (Å²) in [5.74, 6) is 1.27. The molecule has 1 amide bonds. The Morgan fingerprint density at radius 3 is 2.61 bits per heavy atom. The minimum Gasteiger partial charge on any atom is -0.335 e. The number of halogens is 1. The zero-order chi connectivity index (χ0) is 13.0. The van der Waals surface area contributed by atoms with E-state index in [4.69, 9.17) is 11.6 Å². The molecule has 2 rings (SSSR count). The van der Waals surface area contributed by atoms with Crippen molar-refractivity contribution in [3.8, 4) is 0 Å². The fourth-order valence-corrected chi connectivity index (χ4v) is 2.46. The Morgan fingerprint density at radius 1 is 1.39 bits per heavy atom. The second kappa shape index (κ2) is 6.24. The molecule has 1 fully saturated rings. The highest BCUT2D eigenvalue weighted by atomic mass is 35.5. The molecule has 98 valence electrons. The Bertz CT molecular complexity index is 389. The van der Waals surface area contributed by atoms with E-state index in [2.05, 4.69) is 19.1 Å². The minimum atomic E-state index is 0.174. The molecule has 3 heteroatoms. The molecule has 1 aliphatic rings. The van der Waals surface area contributed by atoms with Crippen LogP contribution in [0.2, 0.25) is 0 Å². The molecule has 0 aromatic heterocycles. The maximum atomic E-state index is 12.2. The van der Waals surface area contributed by atoms with Crippen molar-refractivity contribution in [2.45, 2.75) is 38.8 Å². The molecule has 0 bridgehead atoms. The van der Waals surface area contributed by atoms with Crippen molar-refractivity contribution in [3.63, 3.8) is 0 Å². The average molecular weight is 266 g/mol. The number of carbonyl (C=O) groups excluding carboxylic acids is 1. The molecule has 0 radical (unpaired) electrons. The lowest BCUT2D eigenvalue weighted by atomic mass is 10.1. The molecule has 0 spiro atoms. The molecular formula is C15H20ClNO. The van der Waals surface area contributed by atoms with Crippen LogP contribution < -0.4 is 0 Å². The third-order valence-corrected chi connectivity index (χ3v) is 3.81. The number of nitrogens with zero attached hydrogens (tertiary/aromatic N) is 1. The van der Waals surface area contributed by atoms with E-state index in [9.17, 15) is 4.79 Å². The lowest BCUT2D eigenvalue weighted by Crippen LogP contribution is -2.39. The first-order chi connectivity index (χ1) is 8.72. The quantitative estimate of drug-likeness (QED) is 0.722. The van der Waals surface area contributed by atoms with Gasteiger partial charge < -0.3 is 4.90 Å². The molecule has 0 N–H and O–H groups in total. The van der Waals surface area contributed by atoms with Crippen molar-refractivity contribution in [3.05, 3.63) is 35.9 Å². The normalized spacial score (nSPS) is 16.3. The van der Waals surface area contributed by atoms with Crippen molar-refractivity contribution in [2.75, 3.05) is 5.88 Å². The summed E-state index contributed by atoms with van der Waals surface area (Å²) in [5, 5.41) is 0. The molecule has 1 atom stereocenters. The fourth-order valence-electron chi connectivity index (χ4n) is 2.30. The van der Waals surface area contributed by atoms with Crippen molar-refractivity contribution >= 4 is 17.5 Å². The Labute approximate surface area is 114 Å². The standard InChI is InChI=1S/C15H20ClNO/c1-12(14-7-8-14)17(15(18)9-10-16)11-13-5-3-2-4-6-13/h2-6,12,14H,7-11H2,1H3. The highest BCUT2D eigenvalue weighted by molar-refractivity contribution is 6.18. The van der Waals surface area contributed by atoms with E-state index >= 15 is 0 Å². The van der Waals surface area contributed by atoms with Crippen LogP contribution in [0.25, 0.3) is 0 Å². The molecular weight excluding hydrogens is 246 g/mol. The summed E-state index contributed by atoms with van der Waals surface area (Å²) in [6, 6.07) is 10.5. The number of hydrogen-bond donors (Lipinski definition) is 0. The van der Waals surface area contributed by atoms with Crippen LogP contribution in [0.15, 0.2) is 30.3 Å². The highest BCUT2D eigenvalue weighted by Crippen LogP contribution is 2.35. The molecule has 18 heavy (non-hydrogen) atoms. The van der Waals surface area contributed by atoms with Gasteiger partial charge in [0.25, 0.3) is 0 Å². The van der Waals surface area contributed by atoms with Gasteiger partial charge in [0.05, 0.1) is 0 Å². The van der Waals surface area contributed by atoms with Crippen molar-refractivity contribution in [1.82, 2.24) is 4.90 Å². The fraction of sp³-hybridized carbons (Fsp3) is 0.533. The predicted molar refractivity (Wildman–Crippen MR) is 74.5 cm³/mol.